The van der Waals surface area contributed by atoms with Crippen LogP contribution >= 0.6 is 34.2 Å². The van der Waals surface area contributed by atoms with Gasteiger partial charge in [-0.3, -0.25) is 4.79 Å². The molecule has 6 heteroatoms. The summed E-state index contributed by atoms with van der Waals surface area (Å²) in [6.45, 7) is 0. The molecule has 0 aliphatic carbocycles. The molecular weight excluding hydrogens is 405 g/mol. The standard InChI is InChI=1S/C15H11ClINO3/c1-21-15(20)9-2-5-11(6-3-9)18-14(19)12-7-4-10(16)8-13(12)17/h2-8H,1H3,(H,18,19). The van der Waals surface area contributed by atoms with Crippen LogP contribution in [0.5, 0.6) is 0 Å². The fourth-order valence-corrected chi connectivity index (χ4v) is 2.80. The number of rotatable bonds is 3. The molecule has 0 heterocycles. The van der Waals surface area contributed by atoms with Gasteiger partial charge in [-0.1, -0.05) is 11.6 Å². The number of amides is 1. The highest BCUT2D eigenvalue weighted by Crippen LogP contribution is 2.19. The molecular formula is C15H11ClINO3. The third-order valence-electron chi connectivity index (χ3n) is 2.74. The number of carbonyl (C=O) groups excluding carboxylic acids is 2. The molecule has 4 nitrogen and oxygen atoms in total. The smallest absolute Gasteiger partial charge is 0.337 e. The normalized spacial score (nSPS) is 10.0. The van der Waals surface area contributed by atoms with Gasteiger partial charge in [0.1, 0.15) is 0 Å². The number of methoxy groups -OCH3 is 1. The van der Waals surface area contributed by atoms with E-state index < -0.39 is 5.97 Å². The van der Waals surface area contributed by atoms with Crippen LogP contribution in [0.1, 0.15) is 20.7 Å². The van der Waals surface area contributed by atoms with Crippen LogP contribution in [-0.4, -0.2) is 19.0 Å². The third kappa shape index (κ3) is 3.95. The highest BCUT2D eigenvalue weighted by Gasteiger charge is 2.11. The number of halogens is 2. The summed E-state index contributed by atoms with van der Waals surface area (Å²) in [6.07, 6.45) is 0. The lowest BCUT2D eigenvalue weighted by molar-refractivity contribution is 0.0600. The van der Waals surface area contributed by atoms with E-state index in [4.69, 9.17) is 11.6 Å². The molecule has 2 rings (SSSR count). The molecule has 0 saturated heterocycles. The van der Waals surface area contributed by atoms with Gasteiger partial charge in [0.05, 0.1) is 18.2 Å². The number of hydrogen-bond acceptors (Lipinski definition) is 3. The van der Waals surface area contributed by atoms with Crippen molar-refractivity contribution in [3.63, 3.8) is 0 Å². The van der Waals surface area contributed by atoms with E-state index in [1.54, 1.807) is 42.5 Å². The van der Waals surface area contributed by atoms with Crippen LogP contribution in [0.3, 0.4) is 0 Å². The second-order valence-corrected chi connectivity index (χ2v) is 5.75. The van der Waals surface area contributed by atoms with Crippen LogP contribution in [-0.2, 0) is 4.74 Å². The number of hydrogen-bond donors (Lipinski definition) is 1. The molecule has 1 amide bonds. The Bertz CT molecular complexity index is 686. The van der Waals surface area contributed by atoms with Gasteiger partial charge in [0.2, 0.25) is 0 Å². The number of carbonyl (C=O) groups is 2. The molecule has 108 valence electrons. The molecule has 0 fully saturated rings. The van der Waals surface area contributed by atoms with Crippen molar-refractivity contribution in [3.8, 4) is 0 Å². The van der Waals surface area contributed by atoms with E-state index in [0.29, 0.717) is 21.8 Å². The minimum absolute atomic E-state index is 0.234. The second-order valence-electron chi connectivity index (χ2n) is 4.15. The van der Waals surface area contributed by atoms with Gasteiger partial charge >= 0.3 is 5.97 Å². The number of anilines is 1. The first-order valence-electron chi connectivity index (χ1n) is 5.96. The summed E-state index contributed by atoms with van der Waals surface area (Å²) in [5.41, 5.74) is 1.56. The second kappa shape index (κ2) is 6.91. The van der Waals surface area contributed by atoms with Gasteiger partial charge < -0.3 is 10.1 Å². The Kier molecular flexibility index (Phi) is 5.19. The lowest BCUT2D eigenvalue weighted by atomic mass is 10.2. The van der Waals surface area contributed by atoms with E-state index in [-0.39, 0.29) is 5.91 Å². The van der Waals surface area contributed by atoms with Crippen LogP contribution in [0.15, 0.2) is 42.5 Å². The molecule has 0 spiro atoms. The Hall–Kier alpha value is -1.60. The van der Waals surface area contributed by atoms with Crippen molar-refractivity contribution in [2.45, 2.75) is 0 Å². The number of nitrogens with one attached hydrogen (secondary N) is 1. The van der Waals surface area contributed by atoms with Crippen molar-refractivity contribution < 1.29 is 14.3 Å². The quantitative estimate of drug-likeness (QED) is 0.609. The summed E-state index contributed by atoms with van der Waals surface area (Å²) in [6, 6.07) is 11.5. The molecule has 0 bridgehead atoms. The van der Waals surface area contributed by atoms with Gasteiger partial charge in [-0.25, -0.2) is 4.79 Å². The Balaban J connectivity index is 2.14. The van der Waals surface area contributed by atoms with Gasteiger partial charge in [0.25, 0.3) is 5.91 Å². The SMILES string of the molecule is COC(=O)c1ccc(NC(=O)c2ccc(Cl)cc2I)cc1. The molecule has 0 aromatic heterocycles. The zero-order valence-electron chi connectivity index (χ0n) is 11.0. The molecule has 0 unspecified atom stereocenters. The monoisotopic (exact) mass is 415 g/mol. The van der Waals surface area contributed by atoms with Crippen LogP contribution in [0, 0.1) is 3.57 Å². The summed E-state index contributed by atoms with van der Waals surface area (Å²) >= 11 is 7.92. The van der Waals surface area contributed by atoms with E-state index >= 15 is 0 Å². The Labute approximate surface area is 140 Å². The summed E-state index contributed by atoms with van der Waals surface area (Å²) in [5.74, 6) is -0.651. The lowest BCUT2D eigenvalue weighted by Gasteiger charge is -2.08. The van der Waals surface area contributed by atoms with Crippen molar-refractivity contribution in [1.82, 2.24) is 0 Å². The molecule has 21 heavy (non-hydrogen) atoms. The van der Waals surface area contributed by atoms with Gasteiger partial charge in [0, 0.05) is 14.3 Å². The maximum Gasteiger partial charge on any atom is 0.337 e. The van der Waals surface area contributed by atoms with Crippen molar-refractivity contribution in [3.05, 3.63) is 62.2 Å². The first kappa shape index (κ1) is 15.8. The minimum Gasteiger partial charge on any atom is -0.465 e. The maximum absolute atomic E-state index is 12.2. The lowest BCUT2D eigenvalue weighted by Crippen LogP contribution is -2.13. The van der Waals surface area contributed by atoms with Crippen molar-refractivity contribution in [1.29, 1.82) is 0 Å². The molecule has 2 aromatic rings. The van der Waals surface area contributed by atoms with Crippen LogP contribution < -0.4 is 5.32 Å². The average molecular weight is 416 g/mol. The first-order valence-corrected chi connectivity index (χ1v) is 7.41. The van der Waals surface area contributed by atoms with Gasteiger partial charge in [0.15, 0.2) is 0 Å². The fraction of sp³-hybridized carbons (Fsp3) is 0.0667. The highest BCUT2D eigenvalue weighted by atomic mass is 127. The van der Waals surface area contributed by atoms with Gasteiger partial charge in [-0.2, -0.15) is 0 Å². The molecule has 0 saturated carbocycles. The summed E-state index contributed by atoms with van der Waals surface area (Å²) in [4.78, 5) is 23.5. The predicted molar refractivity (Wildman–Crippen MR) is 89.9 cm³/mol. The number of esters is 1. The molecule has 2 aromatic carbocycles. The largest absolute Gasteiger partial charge is 0.465 e. The Morgan fingerprint density at radius 2 is 1.81 bits per heavy atom. The van der Waals surface area contributed by atoms with E-state index in [1.165, 1.54) is 7.11 Å². The van der Waals surface area contributed by atoms with E-state index in [1.807, 2.05) is 0 Å². The topological polar surface area (TPSA) is 55.4 Å². The highest BCUT2D eigenvalue weighted by molar-refractivity contribution is 14.1. The summed E-state index contributed by atoms with van der Waals surface area (Å²) < 4.78 is 5.38. The summed E-state index contributed by atoms with van der Waals surface area (Å²) in [5, 5.41) is 3.35. The van der Waals surface area contributed by atoms with E-state index in [9.17, 15) is 9.59 Å². The maximum atomic E-state index is 12.2. The molecule has 0 aliphatic rings. The van der Waals surface area contributed by atoms with Gasteiger partial charge in [-0.15, -0.1) is 0 Å². The number of ether oxygens (including phenoxy) is 1. The Morgan fingerprint density at radius 1 is 1.14 bits per heavy atom. The predicted octanol–water partition coefficient (Wildman–Crippen LogP) is 3.98. The van der Waals surface area contributed by atoms with E-state index in [0.717, 1.165) is 3.57 Å². The van der Waals surface area contributed by atoms with Crippen molar-refractivity contribution in [2.75, 3.05) is 12.4 Å². The van der Waals surface area contributed by atoms with Gasteiger partial charge in [-0.05, 0) is 65.1 Å². The van der Waals surface area contributed by atoms with Crippen LogP contribution in [0.25, 0.3) is 0 Å². The molecule has 1 N–H and O–H groups in total. The van der Waals surface area contributed by atoms with E-state index in [2.05, 4.69) is 32.6 Å². The number of benzene rings is 2. The third-order valence-corrected chi connectivity index (χ3v) is 3.87. The Morgan fingerprint density at radius 3 is 2.38 bits per heavy atom. The van der Waals surface area contributed by atoms with Crippen LogP contribution in [0.4, 0.5) is 5.69 Å². The van der Waals surface area contributed by atoms with Crippen molar-refractivity contribution >= 4 is 51.8 Å². The fourth-order valence-electron chi connectivity index (χ4n) is 1.68. The first-order chi connectivity index (χ1) is 10.0. The van der Waals surface area contributed by atoms with Crippen molar-refractivity contribution in [2.24, 2.45) is 0 Å². The zero-order chi connectivity index (χ0) is 15.4. The van der Waals surface area contributed by atoms with Crippen LogP contribution in [0.2, 0.25) is 5.02 Å². The summed E-state index contributed by atoms with van der Waals surface area (Å²) in [7, 11) is 1.32. The zero-order valence-corrected chi connectivity index (χ0v) is 13.9. The molecule has 0 atom stereocenters. The minimum atomic E-state index is -0.417. The molecule has 0 aliphatic heterocycles. The average Bonchev–Trinajstić information content (AvgIpc) is 2.47. The molecule has 0 radical (unpaired) electrons.